The number of carbonyl (C=O) groups excluding carboxylic acids is 1. The summed E-state index contributed by atoms with van der Waals surface area (Å²) >= 11 is 3.25. The van der Waals surface area contributed by atoms with E-state index >= 15 is 0 Å². The topological polar surface area (TPSA) is 60.8 Å². The number of hydrogen-bond acceptors (Lipinski definition) is 3. The van der Waals surface area contributed by atoms with Gasteiger partial charge in [0.05, 0.1) is 11.7 Å². The highest BCUT2D eigenvalue weighted by atomic mass is 79.9. The molecule has 5 heteroatoms. The van der Waals surface area contributed by atoms with Crippen LogP contribution >= 0.6 is 15.9 Å². The van der Waals surface area contributed by atoms with E-state index in [2.05, 4.69) is 15.9 Å². The summed E-state index contributed by atoms with van der Waals surface area (Å²) in [6.45, 7) is 3.05. The van der Waals surface area contributed by atoms with Crippen molar-refractivity contribution in [1.82, 2.24) is 4.90 Å². The van der Waals surface area contributed by atoms with Gasteiger partial charge in [0.2, 0.25) is 0 Å². The van der Waals surface area contributed by atoms with Crippen molar-refractivity contribution >= 4 is 21.8 Å². The maximum Gasteiger partial charge on any atom is 0.257 e. The Bertz CT molecular complexity index is 468. The molecule has 1 fully saturated rings. The SMILES string of the molecule is CC(O)C1CCN(C(=O)c2ccc(Br)cc2O)CC1. The van der Waals surface area contributed by atoms with Crippen molar-refractivity contribution in [3.63, 3.8) is 0 Å². The van der Waals surface area contributed by atoms with Crippen LogP contribution in [0.2, 0.25) is 0 Å². The summed E-state index contributed by atoms with van der Waals surface area (Å²) in [5, 5.41) is 19.4. The molecule has 0 saturated carbocycles. The molecule has 0 bridgehead atoms. The van der Waals surface area contributed by atoms with Gasteiger partial charge in [0.15, 0.2) is 0 Å². The first kappa shape index (κ1) is 14.3. The number of likely N-dealkylation sites (tertiary alicyclic amines) is 1. The molecule has 2 rings (SSSR count). The van der Waals surface area contributed by atoms with Gasteiger partial charge < -0.3 is 15.1 Å². The molecule has 0 spiro atoms. The number of aromatic hydroxyl groups is 1. The van der Waals surface area contributed by atoms with Crippen LogP contribution in [0, 0.1) is 5.92 Å². The van der Waals surface area contributed by atoms with Crippen molar-refractivity contribution in [1.29, 1.82) is 0 Å². The normalized spacial score (nSPS) is 18.4. The van der Waals surface area contributed by atoms with Gasteiger partial charge in [-0.05, 0) is 43.9 Å². The Morgan fingerprint density at radius 1 is 1.42 bits per heavy atom. The molecule has 4 nitrogen and oxygen atoms in total. The first-order chi connectivity index (χ1) is 8.99. The fraction of sp³-hybridized carbons (Fsp3) is 0.500. The van der Waals surface area contributed by atoms with E-state index in [4.69, 9.17) is 0 Å². The van der Waals surface area contributed by atoms with Gasteiger partial charge in [0.1, 0.15) is 5.75 Å². The van der Waals surface area contributed by atoms with Crippen molar-refractivity contribution in [2.75, 3.05) is 13.1 Å². The van der Waals surface area contributed by atoms with Crippen molar-refractivity contribution in [2.45, 2.75) is 25.9 Å². The Morgan fingerprint density at radius 3 is 2.58 bits per heavy atom. The van der Waals surface area contributed by atoms with Crippen LogP contribution in [0.25, 0.3) is 0 Å². The van der Waals surface area contributed by atoms with E-state index < -0.39 is 0 Å². The fourth-order valence-electron chi connectivity index (χ4n) is 2.44. The third-order valence-corrected chi connectivity index (χ3v) is 4.19. The largest absolute Gasteiger partial charge is 0.507 e. The van der Waals surface area contributed by atoms with Gasteiger partial charge in [-0.25, -0.2) is 0 Å². The molecule has 0 radical (unpaired) electrons. The second-order valence-electron chi connectivity index (χ2n) is 5.03. The standard InChI is InChI=1S/C14H18BrNO3/c1-9(17)10-4-6-16(7-5-10)14(19)12-3-2-11(15)8-13(12)18/h2-3,8-10,17-18H,4-7H2,1H3. The third kappa shape index (κ3) is 3.28. The average Bonchev–Trinajstić information content (AvgIpc) is 2.38. The minimum Gasteiger partial charge on any atom is -0.507 e. The van der Waals surface area contributed by atoms with Crippen molar-refractivity contribution < 1.29 is 15.0 Å². The van der Waals surface area contributed by atoms with Gasteiger partial charge in [-0.2, -0.15) is 0 Å². The van der Waals surface area contributed by atoms with Crippen LogP contribution in [0.15, 0.2) is 22.7 Å². The summed E-state index contributed by atoms with van der Waals surface area (Å²) in [5.41, 5.74) is 0.332. The van der Waals surface area contributed by atoms with E-state index in [-0.39, 0.29) is 23.7 Å². The number of aliphatic hydroxyl groups excluding tert-OH is 1. The predicted molar refractivity (Wildman–Crippen MR) is 76.1 cm³/mol. The molecule has 1 amide bonds. The number of aliphatic hydroxyl groups is 1. The predicted octanol–water partition coefficient (Wildman–Crippen LogP) is 2.39. The zero-order chi connectivity index (χ0) is 14.0. The zero-order valence-electron chi connectivity index (χ0n) is 10.8. The van der Waals surface area contributed by atoms with Gasteiger partial charge in [-0.3, -0.25) is 4.79 Å². The highest BCUT2D eigenvalue weighted by molar-refractivity contribution is 9.10. The molecular weight excluding hydrogens is 310 g/mol. The quantitative estimate of drug-likeness (QED) is 0.876. The minimum atomic E-state index is -0.321. The molecule has 0 aromatic heterocycles. The Hall–Kier alpha value is -1.07. The molecule has 1 aliphatic rings. The first-order valence-corrected chi connectivity index (χ1v) is 7.24. The minimum absolute atomic E-state index is 0.00275. The molecule has 1 unspecified atom stereocenters. The van der Waals surface area contributed by atoms with Crippen LogP contribution in [-0.2, 0) is 0 Å². The van der Waals surface area contributed by atoms with Crippen LogP contribution in [0.3, 0.4) is 0 Å². The summed E-state index contributed by atoms with van der Waals surface area (Å²) in [6, 6.07) is 4.90. The van der Waals surface area contributed by atoms with Crippen LogP contribution in [-0.4, -0.2) is 40.2 Å². The number of benzene rings is 1. The van der Waals surface area contributed by atoms with E-state index in [0.717, 1.165) is 17.3 Å². The lowest BCUT2D eigenvalue weighted by Crippen LogP contribution is -2.40. The lowest BCUT2D eigenvalue weighted by atomic mass is 9.92. The Morgan fingerprint density at radius 2 is 2.05 bits per heavy atom. The van der Waals surface area contributed by atoms with Crippen LogP contribution < -0.4 is 0 Å². The van der Waals surface area contributed by atoms with Gasteiger partial charge in [0, 0.05) is 17.6 Å². The molecule has 1 saturated heterocycles. The zero-order valence-corrected chi connectivity index (χ0v) is 12.4. The molecule has 2 N–H and O–H groups in total. The van der Waals surface area contributed by atoms with Gasteiger partial charge >= 0.3 is 0 Å². The molecule has 1 heterocycles. The molecule has 19 heavy (non-hydrogen) atoms. The Kier molecular flexibility index (Phi) is 4.47. The van der Waals surface area contributed by atoms with E-state index in [9.17, 15) is 15.0 Å². The van der Waals surface area contributed by atoms with Crippen LogP contribution in [0.1, 0.15) is 30.1 Å². The number of hydrogen-bond donors (Lipinski definition) is 2. The van der Waals surface area contributed by atoms with Gasteiger partial charge in [-0.1, -0.05) is 15.9 Å². The number of halogens is 1. The van der Waals surface area contributed by atoms with E-state index in [1.54, 1.807) is 24.0 Å². The highest BCUT2D eigenvalue weighted by Crippen LogP contribution is 2.26. The van der Waals surface area contributed by atoms with E-state index in [0.29, 0.717) is 18.7 Å². The second-order valence-corrected chi connectivity index (χ2v) is 5.95. The second kappa shape index (κ2) is 5.92. The van der Waals surface area contributed by atoms with Crippen molar-refractivity contribution in [2.24, 2.45) is 5.92 Å². The number of nitrogens with zero attached hydrogens (tertiary/aromatic N) is 1. The highest BCUT2D eigenvalue weighted by Gasteiger charge is 2.27. The molecule has 104 valence electrons. The number of amides is 1. The van der Waals surface area contributed by atoms with Gasteiger partial charge in [0.25, 0.3) is 5.91 Å². The summed E-state index contributed by atoms with van der Waals surface area (Å²) in [4.78, 5) is 14.0. The van der Waals surface area contributed by atoms with Crippen LogP contribution in [0.4, 0.5) is 0 Å². The summed E-state index contributed by atoms with van der Waals surface area (Å²) in [5.74, 6) is 0.119. The molecule has 1 aromatic carbocycles. The lowest BCUT2D eigenvalue weighted by Gasteiger charge is -2.33. The molecule has 0 aliphatic carbocycles. The third-order valence-electron chi connectivity index (χ3n) is 3.70. The molecule has 1 aromatic rings. The average molecular weight is 328 g/mol. The monoisotopic (exact) mass is 327 g/mol. The number of carbonyl (C=O) groups is 1. The summed E-state index contributed by atoms with van der Waals surface area (Å²) in [6.07, 6.45) is 1.29. The van der Waals surface area contributed by atoms with Gasteiger partial charge in [-0.15, -0.1) is 0 Å². The maximum absolute atomic E-state index is 12.3. The number of rotatable bonds is 2. The number of piperidine rings is 1. The molecular formula is C14H18BrNO3. The Labute approximate surface area is 121 Å². The molecule has 1 aliphatic heterocycles. The smallest absolute Gasteiger partial charge is 0.257 e. The van der Waals surface area contributed by atoms with Crippen LogP contribution in [0.5, 0.6) is 5.75 Å². The first-order valence-electron chi connectivity index (χ1n) is 6.45. The Balaban J connectivity index is 2.05. The van der Waals surface area contributed by atoms with E-state index in [1.807, 2.05) is 0 Å². The fourth-order valence-corrected chi connectivity index (χ4v) is 2.79. The summed E-state index contributed by atoms with van der Waals surface area (Å²) < 4.78 is 0.745. The lowest BCUT2D eigenvalue weighted by molar-refractivity contribution is 0.0519. The summed E-state index contributed by atoms with van der Waals surface area (Å²) in [7, 11) is 0. The van der Waals surface area contributed by atoms with E-state index in [1.165, 1.54) is 6.07 Å². The maximum atomic E-state index is 12.3. The van der Waals surface area contributed by atoms with Crippen molar-refractivity contribution in [3.05, 3.63) is 28.2 Å². The molecule has 1 atom stereocenters. The number of phenols is 1. The van der Waals surface area contributed by atoms with Crippen molar-refractivity contribution in [3.8, 4) is 5.75 Å². The number of phenolic OH excluding ortho intramolecular Hbond substituents is 1.